The van der Waals surface area contributed by atoms with Gasteiger partial charge in [0.15, 0.2) is 0 Å². The minimum absolute atomic E-state index is 0.501. The van der Waals surface area contributed by atoms with E-state index in [2.05, 4.69) is 58.7 Å². The Bertz CT molecular complexity index is 390. The van der Waals surface area contributed by atoms with Crippen molar-refractivity contribution in [2.24, 2.45) is 5.92 Å². The zero-order valence-corrected chi connectivity index (χ0v) is 15.1. The van der Waals surface area contributed by atoms with E-state index in [-0.39, 0.29) is 0 Å². The summed E-state index contributed by atoms with van der Waals surface area (Å²) in [5.41, 5.74) is 2.39. The molecule has 0 saturated heterocycles. The van der Waals surface area contributed by atoms with Gasteiger partial charge in [0.2, 0.25) is 0 Å². The lowest BCUT2D eigenvalue weighted by Gasteiger charge is -2.17. The van der Waals surface area contributed by atoms with Crippen molar-refractivity contribution in [1.29, 1.82) is 0 Å². The Morgan fingerprint density at radius 3 is 2.58 bits per heavy atom. The number of hydrogen-bond acceptors (Lipinski definition) is 3. The first-order chi connectivity index (χ1) is 8.99. The minimum Gasteiger partial charge on any atom is -0.316 e. The van der Waals surface area contributed by atoms with Gasteiger partial charge in [0, 0.05) is 24.8 Å². The summed E-state index contributed by atoms with van der Waals surface area (Å²) in [6.45, 7) is 9.67. The summed E-state index contributed by atoms with van der Waals surface area (Å²) in [7, 11) is 2.05. The van der Waals surface area contributed by atoms with E-state index in [1.54, 1.807) is 0 Å². The fourth-order valence-corrected chi connectivity index (χ4v) is 3.61. The monoisotopic (exact) mass is 347 g/mol. The molecule has 0 aromatic carbocycles. The predicted molar refractivity (Wildman–Crippen MR) is 89.1 cm³/mol. The molecule has 0 aliphatic heterocycles. The molecular weight excluding hydrogens is 322 g/mol. The van der Waals surface area contributed by atoms with Crippen LogP contribution < -0.4 is 5.32 Å². The number of rotatable bonds is 8. The van der Waals surface area contributed by atoms with Gasteiger partial charge in [0.25, 0.3) is 0 Å². The molecule has 0 radical (unpaired) electrons. The molecule has 110 valence electrons. The van der Waals surface area contributed by atoms with Crippen LogP contribution in [0.3, 0.4) is 0 Å². The largest absolute Gasteiger partial charge is 0.316 e. The molecule has 19 heavy (non-hydrogen) atoms. The van der Waals surface area contributed by atoms with Gasteiger partial charge in [-0.3, -0.25) is 4.68 Å². The average Bonchev–Trinajstić information content (AvgIpc) is 2.64. The molecule has 1 rings (SSSR count). The number of halogens is 1. The van der Waals surface area contributed by atoms with Gasteiger partial charge in [0.1, 0.15) is 0 Å². The Balaban J connectivity index is 2.65. The van der Waals surface area contributed by atoms with E-state index in [1.165, 1.54) is 15.9 Å². The lowest BCUT2D eigenvalue weighted by molar-refractivity contribution is 0.554. The molecule has 0 spiro atoms. The van der Waals surface area contributed by atoms with Crippen molar-refractivity contribution < 1.29 is 0 Å². The van der Waals surface area contributed by atoms with Crippen LogP contribution in [0, 0.1) is 12.8 Å². The molecule has 1 unspecified atom stereocenters. The third kappa shape index (κ3) is 5.12. The number of aryl methyl sites for hydroxylation is 2. The molecule has 1 N–H and O–H groups in total. The van der Waals surface area contributed by atoms with Crippen LogP contribution in [-0.2, 0) is 13.0 Å². The Morgan fingerprint density at radius 1 is 1.37 bits per heavy atom. The number of likely N-dealkylation sites (N-methyl/N-ethyl adjacent to an activating group) is 1. The molecule has 1 atom stereocenters. The number of nitrogens with zero attached hydrogens (tertiary/aromatic N) is 2. The quantitative estimate of drug-likeness (QED) is 0.780. The summed E-state index contributed by atoms with van der Waals surface area (Å²) >= 11 is 5.70. The SMILES string of the molecule is CCn1nc(C)c(Br)c1CC(CSCC(C)C)NC. The summed E-state index contributed by atoms with van der Waals surface area (Å²) in [6, 6.07) is 0.501. The Kier molecular flexibility index (Phi) is 7.47. The molecule has 3 nitrogen and oxygen atoms in total. The first-order valence-corrected chi connectivity index (χ1v) is 8.91. The standard InChI is InChI=1S/C14H26BrN3S/c1-6-18-13(14(15)11(4)17-18)7-12(16-5)9-19-8-10(2)3/h10,12,16H,6-9H2,1-5H3. The molecule has 1 aromatic heterocycles. The summed E-state index contributed by atoms with van der Waals surface area (Å²) < 4.78 is 3.28. The highest BCUT2D eigenvalue weighted by Gasteiger charge is 2.16. The van der Waals surface area contributed by atoms with Crippen molar-refractivity contribution in [1.82, 2.24) is 15.1 Å². The fourth-order valence-electron chi connectivity index (χ4n) is 1.99. The summed E-state index contributed by atoms with van der Waals surface area (Å²) in [5, 5.41) is 7.99. The third-order valence-corrected chi connectivity index (χ3v) is 5.64. The van der Waals surface area contributed by atoms with Crippen molar-refractivity contribution in [3.05, 3.63) is 15.9 Å². The van der Waals surface area contributed by atoms with Gasteiger partial charge < -0.3 is 5.32 Å². The molecule has 0 amide bonds. The van der Waals surface area contributed by atoms with Crippen molar-refractivity contribution in [2.45, 2.75) is 46.7 Å². The maximum Gasteiger partial charge on any atom is 0.0738 e. The maximum absolute atomic E-state index is 4.56. The third-order valence-electron chi connectivity index (χ3n) is 3.07. The highest BCUT2D eigenvalue weighted by atomic mass is 79.9. The number of aromatic nitrogens is 2. The van der Waals surface area contributed by atoms with Crippen LogP contribution >= 0.6 is 27.7 Å². The lowest BCUT2D eigenvalue weighted by atomic mass is 10.2. The van der Waals surface area contributed by atoms with E-state index in [4.69, 9.17) is 0 Å². The molecule has 0 saturated carbocycles. The summed E-state index contributed by atoms with van der Waals surface area (Å²) in [5.74, 6) is 3.14. The van der Waals surface area contributed by atoms with Crippen LogP contribution in [0.25, 0.3) is 0 Å². The predicted octanol–water partition coefficient (Wildman–Crippen LogP) is 3.49. The van der Waals surface area contributed by atoms with Gasteiger partial charge in [-0.25, -0.2) is 0 Å². The van der Waals surface area contributed by atoms with Crippen molar-refractivity contribution in [2.75, 3.05) is 18.6 Å². The fraction of sp³-hybridized carbons (Fsp3) is 0.786. The zero-order chi connectivity index (χ0) is 14.4. The molecule has 0 aliphatic carbocycles. The van der Waals surface area contributed by atoms with Crippen LogP contribution in [0.1, 0.15) is 32.2 Å². The van der Waals surface area contributed by atoms with E-state index in [9.17, 15) is 0 Å². The highest BCUT2D eigenvalue weighted by molar-refractivity contribution is 9.10. The van der Waals surface area contributed by atoms with E-state index >= 15 is 0 Å². The van der Waals surface area contributed by atoms with Gasteiger partial charge in [-0.15, -0.1) is 0 Å². The van der Waals surface area contributed by atoms with E-state index < -0.39 is 0 Å². The number of hydrogen-bond donors (Lipinski definition) is 1. The average molecular weight is 348 g/mol. The molecule has 0 aliphatic rings. The smallest absolute Gasteiger partial charge is 0.0738 e. The second kappa shape index (κ2) is 8.32. The van der Waals surface area contributed by atoms with Crippen LogP contribution in [0.5, 0.6) is 0 Å². The van der Waals surface area contributed by atoms with E-state index in [1.807, 2.05) is 18.8 Å². The first kappa shape index (κ1) is 17.1. The molecular formula is C14H26BrN3S. The molecule has 0 bridgehead atoms. The van der Waals surface area contributed by atoms with Gasteiger partial charge in [0.05, 0.1) is 15.9 Å². The molecule has 0 fully saturated rings. The Labute approximate surface area is 130 Å². The van der Waals surface area contributed by atoms with Crippen molar-refractivity contribution >= 4 is 27.7 Å². The number of thioether (sulfide) groups is 1. The Hall–Kier alpha value is -0.0000000000000000763. The van der Waals surface area contributed by atoms with Gasteiger partial charge in [-0.2, -0.15) is 16.9 Å². The van der Waals surface area contributed by atoms with Gasteiger partial charge in [-0.05, 0) is 48.5 Å². The molecule has 1 aromatic rings. The lowest BCUT2D eigenvalue weighted by Crippen LogP contribution is -2.31. The number of nitrogens with one attached hydrogen (secondary N) is 1. The van der Waals surface area contributed by atoms with Crippen molar-refractivity contribution in [3.8, 4) is 0 Å². The van der Waals surface area contributed by atoms with Crippen LogP contribution in [-0.4, -0.2) is 34.4 Å². The van der Waals surface area contributed by atoms with Gasteiger partial charge >= 0.3 is 0 Å². The second-order valence-electron chi connectivity index (χ2n) is 5.28. The topological polar surface area (TPSA) is 29.9 Å². The van der Waals surface area contributed by atoms with Gasteiger partial charge in [-0.1, -0.05) is 13.8 Å². The summed E-state index contributed by atoms with van der Waals surface area (Å²) in [6.07, 6.45) is 1.02. The Morgan fingerprint density at radius 2 is 2.05 bits per heavy atom. The normalized spacial score (nSPS) is 13.2. The summed E-state index contributed by atoms with van der Waals surface area (Å²) in [4.78, 5) is 0. The first-order valence-electron chi connectivity index (χ1n) is 6.96. The van der Waals surface area contributed by atoms with Crippen LogP contribution in [0.2, 0.25) is 0 Å². The minimum atomic E-state index is 0.501. The van der Waals surface area contributed by atoms with E-state index in [0.29, 0.717) is 6.04 Å². The van der Waals surface area contributed by atoms with Crippen LogP contribution in [0.4, 0.5) is 0 Å². The van der Waals surface area contributed by atoms with E-state index in [0.717, 1.165) is 30.3 Å². The second-order valence-corrected chi connectivity index (χ2v) is 7.15. The maximum atomic E-state index is 4.56. The molecule has 1 heterocycles. The van der Waals surface area contributed by atoms with Crippen molar-refractivity contribution in [3.63, 3.8) is 0 Å². The molecule has 5 heteroatoms. The zero-order valence-electron chi connectivity index (χ0n) is 12.7. The highest BCUT2D eigenvalue weighted by Crippen LogP contribution is 2.23. The van der Waals surface area contributed by atoms with Crippen LogP contribution in [0.15, 0.2) is 4.47 Å².